The van der Waals surface area contributed by atoms with Crippen LogP contribution in [0.2, 0.25) is 0 Å². The van der Waals surface area contributed by atoms with E-state index in [9.17, 15) is 24.1 Å². The summed E-state index contributed by atoms with van der Waals surface area (Å²) in [7, 11) is 0. The molecule has 0 radical (unpaired) electrons. The number of hydrogen-bond acceptors (Lipinski definition) is 6. The average Bonchev–Trinajstić information content (AvgIpc) is 2.95. The summed E-state index contributed by atoms with van der Waals surface area (Å²) >= 11 is 0. The maximum Gasteiger partial charge on any atom is 0.141 e. The molecule has 1 aromatic heterocycles. The van der Waals surface area contributed by atoms with Crippen molar-refractivity contribution >= 4 is 0 Å². The van der Waals surface area contributed by atoms with Gasteiger partial charge in [0.05, 0.1) is 24.5 Å². The fourth-order valence-corrected chi connectivity index (χ4v) is 3.70. The van der Waals surface area contributed by atoms with E-state index in [4.69, 9.17) is 4.52 Å². The van der Waals surface area contributed by atoms with Gasteiger partial charge in [0.1, 0.15) is 17.4 Å². The van der Waals surface area contributed by atoms with Crippen LogP contribution in [0.5, 0.6) is 0 Å². The third-order valence-electron chi connectivity index (χ3n) is 5.22. The lowest BCUT2D eigenvalue weighted by atomic mass is 9.96. The summed E-state index contributed by atoms with van der Waals surface area (Å²) in [4.78, 5) is 1.75. The van der Waals surface area contributed by atoms with Gasteiger partial charge < -0.3 is 19.8 Å². The van der Waals surface area contributed by atoms with Crippen LogP contribution in [0.25, 0.3) is 11.1 Å². The first-order chi connectivity index (χ1) is 12.8. The molecule has 8 heteroatoms. The summed E-state index contributed by atoms with van der Waals surface area (Å²) in [6.45, 7) is 3.60. The predicted octanol–water partition coefficient (Wildman–Crippen LogP) is 1.57. The molecule has 1 aromatic carbocycles. The fraction of sp³-hybridized carbons (Fsp3) is 0.526. The number of aromatic nitrogens is 1. The van der Waals surface area contributed by atoms with Crippen molar-refractivity contribution in [2.45, 2.75) is 44.9 Å². The molecule has 0 amide bonds. The molecule has 0 saturated carbocycles. The van der Waals surface area contributed by atoms with Gasteiger partial charge in [-0.3, -0.25) is 4.90 Å². The number of hydrogen-bond donors (Lipinski definition) is 3. The minimum absolute atomic E-state index is 0.0530. The van der Waals surface area contributed by atoms with Crippen molar-refractivity contribution in [1.82, 2.24) is 10.1 Å². The second kappa shape index (κ2) is 8.02. The van der Waals surface area contributed by atoms with E-state index in [0.717, 1.165) is 0 Å². The number of aryl methyl sites for hydroxylation is 2. The molecule has 0 aliphatic carbocycles. The molecule has 6 nitrogen and oxygen atoms in total. The topological polar surface area (TPSA) is 90.0 Å². The Kier molecular flexibility index (Phi) is 5.90. The summed E-state index contributed by atoms with van der Waals surface area (Å²) in [6, 6.07) is 2.18. The molecule has 1 aliphatic rings. The molecule has 1 fully saturated rings. The molecule has 3 N–H and O–H groups in total. The van der Waals surface area contributed by atoms with Crippen LogP contribution >= 0.6 is 0 Å². The third kappa shape index (κ3) is 4.03. The van der Waals surface area contributed by atoms with Crippen molar-refractivity contribution in [2.24, 2.45) is 0 Å². The van der Waals surface area contributed by atoms with E-state index >= 15 is 0 Å². The molecule has 148 valence electrons. The van der Waals surface area contributed by atoms with Crippen LogP contribution < -0.4 is 0 Å². The monoisotopic (exact) mass is 382 g/mol. The lowest BCUT2D eigenvalue weighted by Gasteiger charge is -2.39. The summed E-state index contributed by atoms with van der Waals surface area (Å²) < 4.78 is 34.2. The van der Waals surface area contributed by atoms with E-state index in [0.29, 0.717) is 22.6 Å². The van der Waals surface area contributed by atoms with E-state index in [1.165, 1.54) is 12.1 Å². The number of rotatable bonds is 5. The molecule has 27 heavy (non-hydrogen) atoms. The molecule has 0 spiro atoms. The molecule has 3 atom stereocenters. The number of likely N-dealkylation sites (tertiary alicyclic amines) is 1. The van der Waals surface area contributed by atoms with Crippen LogP contribution in [-0.2, 0) is 6.42 Å². The molecule has 2 aromatic rings. The molecular formula is C19H24F2N2O4. The van der Waals surface area contributed by atoms with E-state index in [1.54, 1.807) is 18.7 Å². The largest absolute Gasteiger partial charge is 0.395 e. The number of aliphatic hydroxyl groups is 3. The van der Waals surface area contributed by atoms with E-state index < -0.39 is 23.8 Å². The Morgan fingerprint density at radius 1 is 1.19 bits per heavy atom. The SMILES string of the molecule is Cc1noc(C)c1-c1cc(F)c(CCN2C[C@H](O)C(O)C[C@@H]2CO)c(F)c1. The van der Waals surface area contributed by atoms with Gasteiger partial charge >= 0.3 is 0 Å². The number of piperidine rings is 1. The van der Waals surface area contributed by atoms with Gasteiger partial charge in [-0.05, 0) is 44.4 Å². The molecule has 1 unspecified atom stereocenters. The number of halogens is 2. The summed E-state index contributed by atoms with van der Waals surface area (Å²) in [5.41, 5.74) is 1.45. The molecule has 1 saturated heterocycles. The number of β-amino-alcohol motifs (C(OH)–C–C–N with tert-alkyl or cyclic N) is 1. The maximum absolute atomic E-state index is 14.6. The van der Waals surface area contributed by atoms with Crippen molar-refractivity contribution in [3.63, 3.8) is 0 Å². The number of aliphatic hydroxyl groups excluding tert-OH is 3. The fourth-order valence-electron chi connectivity index (χ4n) is 3.70. The highest BCUT2D eigenvalue weighted by Gasteiger charge is 2.33. The highest BCUT2D eigenvalue weighted by atomic mass is 19.1. The Labute approximate surface area is 156 Å². The Morgan fingerprint density at radius 3 is 2.41 bits per heavy atom. The smallest absolute Gasteiger partial charge is 0.141 e. The number of nitrogens with zero attached hydrogens (tertiary/aromatic N) is 2. The van der Waals surface area contributed by atoms with Crippen molar-refractivity contribution in [2.75, 3.05) is 19.7 Å². The van der Waals surface area contributed by atoms with Crippen molar-refractivity contribution < 1.29 is 28.6 Å². The molecule has 2 heterocycles. The van der Waals surface area contributed by atoms with Crippen LogP contribution in [-0.4, -0.2) is 63.3 Å². The summed E-state index contributed by atoms with van der Waals surface area (Å²) in [6.07, 6.45) is -1.54. The lowest BCUT2D eigenvalue weighted by Crippen LogP contribution is -2.54. The van der Waals surface area contributed by atoms with Crippen LogP contribution in [0.4, 0.5) is 8.78 Å². The zero-order valence-electron chi connectivity index (χ0n) is 15.3. The Morgan fingerprint density at radius 2 is 1.85 bits per heavy atom. The van der Waals surface area contributed by atoms with Gasteiger partial charge in [0.15, 0.2) is 0 Å². The molecule has 3 rings (SSSR count). The van der Waals surface area contributed by atoms with E-state index in [2.05, 4.69) is 5.16 Å². The van der Waals surface area contributed by atoms with Gasteiger partial charge in [-0.15, -0.1) is 0 Å². The molecular weight excluding hydrogens is 358 g/mol. The van der Waals surface area contributed by atoms with E-state index in [1.807, 2.05) is 0 Å². The normalized spacial score (nSPS) is 23.7. The Bertz CT molecular complexity index is 768. The van der Waals surface area contributed by atoms with Gasteiger partial charge in [-0.25, -0.2) is 8.78 Å². The van der Waals surface area contributed by atoms with Crippen molar-refractivity contribution in [3.8, 4) is 11.1 Å². The van der Waals surface area contributed by atoms with Gasteiger partial charge in [0, 0.05) is 30.3 Å². The lowest BCUT2D eigenvalue weighted by molar-refractivity contribution is -0.0704. The second-order valence-corrected chi connectivity index (χ2v) is 7.07. The first-order valence-corrected chi connectivity index (χ1v) is 8.94. The van der Waals surface area contributed by atoms with E-state index in [-0.39, 0.29) is 44.1 Å². The van der Waals surface area contributed by atoms with Gasteiger partial charge in [0.2, 0.25) is 0 Å². The minimum Gasteiger partial charge on any atom is -0.395 e. The number of benzene rings is 1. The quantitative estimate of drug-likeness (QED) is 0.727. The highest BCUT2D eigenvalue weighted by molar-refractivity contribution is 5.68. The van der Waals surface area contributed by atoms with Gasteiger partial charge in [-0.2, -0.15) is 0 Å². The Hall–Kier alpha value is -1.87. The molecule has 0 bridgehead atoms. The first-order valence-electron chi connectivity index (χ1n) is 8.94. The maximum atomic E-state index is 14.6. The van der Waals surface area contributed by atoms with Gasteiger partial charge in [0.25, 0.3) is 0 Å². The second-order valence-electron chi connectivity index (χ2n) is 7.07. The summed E-state index contributed by atoms with van der Waals surface area (Å²) in [5, 5.41) is 32.8. The van der Waals surface area contributed by atoms with Crippen LogP contribution in [0.3, 0.4) is 0 Å². The van der Waals surface area contributed by atoms with Crippen LogP contribution in [0, 0.1) is 25.5 Å². The highest BCUT2D eigenvalue weighted by Crippen LogP contribution is 2.30. The molecule has 1 aliphatic heterocycles. The van der Waals surface area contributed by atoms with Crippen LogP contribution in [0.1, 0.15) is 23.4 Å². The third-order valence-corrected chi connectivity index (χ3v) is 5.22. The summed E-state index contributed by atoms with van der Waals surface area (Å²) in [5.74, 6) is -0.836. The zero-order valence-corrected chi connectivity index (χ0v) is 15.3. The van der Waals surface area contributed by atoms with Crippen molar-refractivity contribution in [1.29, 1.82) is 0 Å². The van der Waals surface area contributed by atoms with Crippen LogP contribution in [0.15, 0.2) is 16.7 Å². The van der Waals surface area contributed by atoms with Crippen molar-refractivity contribution in [3.05, 3.63) is 40.8 Å². The average molecular weight is 382 g/mol. The first kappa shape index (κ1) is 19.9. The standard InChI is InChI=1S/C19H24F2N2O4/c1-10-19(11(2)27-22-10)12-5-15(20)14(16(21)6-12)3-4-23-8-18(26)17(25)7-13(23)9-24/h5-6,13,17-18,24-26H,3-4,7-9H2,1-2H3/t13-,17?,18+/m1/s1. The Balaban J connectivity index is 1.78. The van der Waals surface area contributed by atoms with Gasteiger partial charge in [-0.1, -0.05) is 5.16 Å². The minimum atomic E-state index is -0.940. The zero-order chi connectivity index (χ0) is 19.7. The predicted molar refractivity (Wildman–Crippen MR) is 94.1 cm³/mol.